The Morgan fingerprint density at radius 1 is 1.29 bits per heavy atom. The van der Waals surface area contributed by atoms with E-state index in [-0.39, 0.29) is 5.56 Å². The average molecular weight is 256 g/mol. The van der Waals surface area contributed by atoms with Crippen LogP contribution in [0.25, 0.3) is 0 Å². The van der Waals surface area contributed by atoms with Gasteiger partial charge in [0.05, 0.1) is 6.26 Å². The first-order chi connectivity index (χ1) is 7.70. The lowest BCUT2D eigenvalue weighted by Crippen LogP contribution is -2.29. The monoisotopic (exact) mass is 256 g/mol. The molecule has 2 amide bonds. The fraction of sp³-hybridized carbons (Fsp3) is 0.200. The third-order valence-electron chi connectivity index (χ3n) is 2.03. The van der Waals surface area contributed by atoms with Crippen LogP contribution in [0.4, 0.5) is 0 Å². The van der Waals surface area contributed by atoms with Gasteiger partial charge >= 0.3 is 0 Å². The third kappa shape index (κ3) is 3.56. The molecule has 0 saturated heterocycles. The number of carbonyl (C=O) groups is 2. The number of nitrogens with two attached hydrogens (primary N) is 1. The SMILES string of the molecule is Cc1cc(C(=O)NS(C)(=O)=O)ccc1C(N)=O. The Bertz CT molecular complexity index is 578. The molecule has 92 valence electrons. The van der Waals surface area contributed by atoms with E-state index in [0.29, 0.717) is 11.1 Å². The number of benzene rings is 1. The smallest absolute Gasteiger partial charge is 0.264 e. The van der Waals surface area contributed by atoms with Crippen molar-refractivity contribution in [1.82, 2.24) is 4.72 Å². The number of amides is 2. The van der Waals surface area contributed by atoms with Crippen LogP contribution >= 0.6 is 0 Å². The maximum Gasteiger partial charge on any atom is 0.264 e. The van der Waals surface area contributed by atoms with Gasteiger partial charge in [0, 0.05) is 11.1 Å². The van der Waals surface area contributed by atoms with Crippen LogP contribution in [0.5, 0.6) is 0 Å². The molecule has 1 aromatic carbocycles. The highest BCUT2D eigenvalue weighted by atomic mass is 32.2. The molecule has 0 aliphatic heterocycles. The van der Waals surface area contributed by atoms with E-state index in [1.54, 1.807) is 6.92 Å². The molecule has 3 N–H and O–H groups in total. The van der Waals surface area contributed by atoms with Gasteiger partial charge in [-0.05, 0) is 30.7 Å². The second-order valence-electron chi connectivity index (χ2n) is 3.60. The summed E-state index contributed by atoms with van der Waals surface area (Å²) in [6.45, 7) is 1.61. The third-order valence-corrected chi connectivity index (χ3v) is 2.59. The summed E-state index contributed by atoms with van der Waals surface area (Å²) in [4.78, 5) is 22.4. The van der Waals surface area contributed by atoms with Gasteiger partial charge in [0.15, 0.2) is 0 Å². The Morgan fingerprint density at radius 3 is 2.29 bits per heavy atom. The van der Waals surface area contributed by atoms with Crippen LogP contribution < -0.4 is 10.5 Å². The molecule has 0 spiro atoms. The lowest BCUT2D eigenvalue weighted by molar-refractivity contribution is 0.0975. The van der Waals surface area contributed by atoms with E-state index in [2.05, 4.69) is 0 Å². The van der Waals surface area contributed by atoms with Crippen molar-refractivity contribution in [3.05, 3.63) is 34.9 Å². The highest BCUT2D eigenvalue weighted by Crippen LogP contribution is 2.10. The van der Waals surface area contributed by atoms with Crippen molar-refractivity contribution in [1.29, 1.82) is 0 Å². The molecule has 1 rings (SSSR count). The topological polar surface area (TPSA) is 106 Å². The minimum absolute atomic E-state index is 0.151. The van der Waals surface area contributed by atoms with Crippen molar-refractivity contribution in [2.45, 2.75) is 6.92 Å². The van der Waals surface area contributed by atoms with Gasteiger partial charge < -0.3 is 5.73 Å². The Morgan fingerprint density at radius 2 is 1.88 bits per heavy atom. The Labute approximate surface area is 98.9 Å². The summed E-state index contributed by atoms with van der Waals surface area (Å²) in [5.74, 6) is -1.34. The van der Waals surface area contributed by atoms with E-state index in [0.717, 1.165) is 6.26 Å². The van der Waals surface area contributed by atoms with Gasteiger partial charge in [-0.25, -0.2) is 13.1 Å². The van der Waals surface area contributed by atoms with Crippen molar-refractivity contribution in [3.8, 4) is 0 Å². The number of carbonyl (C=O) groups excluding carboxylic acids is 2. The molecule has 0 aliphatic carbocycles. The molecule has 1 aromatic rings. The summed E-state index contributed by atoms with van der Waals surface area (Å²) in [5.41, 5.74) is 6.06. The lowest BCUT2D eigenvalue weighted by Gasteiger charge is -2.06. The zero-order valence-electron chi connectivity index (χ0n) is 9.35. The quantitative estimate of drug-likeness (QED) is 0.779. The number of hydrogen-bond acceptors (Lipinski definition) is 4. The van der Waals surface area contributed by atoms with E-state index < -0.39 is 21.8 Å². The van der Waals surface area contributed by atoms with Gasteiger partial charge in [-0.15, -0.1) is 0 Å². The van der Waals surface area contributed by atoms with Crippen LogP contribution in [0.3, 0.4) is 0 Å². The first-order valence-electron chi connectivity index (χ1n) is 4.63. The molecular formula is C10H12N2O4S. The van der Waals surface area contributed by atoms with Gasteiger partial charge in [0.1, 0.15) is 0 Å². The maximum atomic E-state index is 11.5. The molecule has 0 saturated carbocycles. The average Bonchev–Trinajstić information content (AvgIpc) is 2.14. The Balaban J connectivity index is 3.06. The van der Waals surface area contributed by atoms with Gasteiger partial charge in [-0.3, -0.25) is 9.59 Å². The fourth-order valence-electron chi connectivity index (χ4n) is 1.31. The van der Waals surface area contributed by atoms with Crippen molar-refractivity contribution in [2.24, 2.45) is 5.73 Å². The van der Waals surface area contributed by atoms with Crippen molar-refractivity contribution >= 4 is 21.8 Å². The van der Waals surface area contributed by atoms with E-state index in [1.807, 2.05) is 4.72 Å². The van der Waals surface area contributed by atoms with E-state index >= 15 is 0 Å². The molecule has 0 radical (unpaired) electrons. The summed E-state index contributed by atoms with van der Waals surface area (Å²) in [5, 5.41) is 0. The van der Waals surface area contributed by atoms with Crippen molar-refractivity contribution in [3.63, 3.8) is 0 Å². The van der Waals surface area contributed by atoms with Crippen molar-refractivity contribution in [2.75, 3.05) is 6.26 Å². The van der Waals surface area contributed by atoms with E-state index in [9.17, 15) is 18.0 Å². The molecule has 7 heteroatoms. The van der Waals surface area contributed by atoms with Crippen LogP contribution in [-0.4, -0.2) is 26.5 Å². The van der Waals surface area contributed by atoms with E-state index in [1.165, 1.54) is 18.2 Å². The molecule has 0 fully saturated rings. The number of sulfonamides is 1. The van der Waals surface area contributed by atoms with Gasteiger partial charge in [0.2, 0.25) is 15.9 Å². The molecule has 0 aliphatic rings. The van der Waals surface area contributed by atoms with Crippen LogP contribution in [0, 0.1) is 6.92 Å². The lowest BCUT2D eigenvalue weighted by atomic mass is 10.0. The minimum atomic E-state index is -3.60. The summed E-state index contributed by atoms with van der Waals surface area (Å²) in [7, 11) is -3.60. The minimum Gasteiger partial charge on any atom is -0.366 e. The van der Waals surface area contributed by atoms with Crippen LogP contribution in [-0.2, 0) is 10.0 Å². The number of hydrogen-bond donors (Lipinski definition) is 2. The number of primary amides is 1. The first-order valence-corrected chi connectivity index (χ1v) is 6.52. The van der Waals surface area contributed by atoms with Crippen LogP contribution in [0.15, 0.2) is 18.2 Å². The number of aryl methyl sites for hydroxylation is 1. The number of nitrogens with one attached hydrogen (secondary N) is 1. The highest BCUT2D eigenvalue weighted by Gasteiger charge is 2.13. The predicted molar refractivity (Wildman–Crippen MR) is 62.0 cm³/mol. The molecule has 0 bridgehead atoms. The summed E-state index contributed by atoms with van der Waals surface area (Å²) < 4.78 is 23.6. The Hall–Kier alpha value is -1.89. The predicted octanol–water partition coefficient (Wildman–Crippen LogP) is -0.217. The zero-order chi connectivity index (χ0) is 13.2. The Kier molecular flexibility index (Phi) is 3.52. The standard InChI is InChI=1S/C10H12N2O4S/c1-6-5-7(3-4-8(6)9(11)13)10(14)12-17(2,15)16/h3-5H,1-2H3,(H2,11,13)(H,12,14). The molecule has 0 atom stereocenters. The molecule has 0 heterocycles. The fourth-order valence-corrected chi connectivity index (χ4v) is 1.76. The second-order valence-corrected chi connectivity index (χ2v) is 5.35. The summed E-state index contributed by atoms with van der Waals surface area (Å²) in [6, 6.07) is 4.13. The van der Waals surface area contributed by atoms with Gasteiger partial charge in [0.25, 0.3) is 5.91 Å². The normalized spacial score (nSPS) is 10.9. The summed E-state index contributed by atoms with van der Waals surface area (Å²) >= 11 is 0. The first kappa shape index (κ1) is 13.2. The molecule has 17 heavy (non-hydrogen) atoms. The molecule has 0 unspecified atom stereocenters. The van der Waals surface area contributed by atoms with Gasteiger partial charge in [-0.1, -0.05) is 0 Å². The molecule has 6 nitrogen and oxygen atoms in total. The van der Waals surface area contributed by atoms with Crippen LogP contribution in [0.1, 0.15) is 26.3 Å². The van der Waals surface area contributed by atoms with Crippen molar-refractivity contribution < 1.29 is 18.0 Å². The van der Waals surface area contributed by atoms with E-state index in [4.69, 9.17) is 5.73 Å². The maximum absolute atomic E-state index is 11.5. The molecule has 0 aromatic heterocycles. The largest absolute Gasteiger partial charge is 0.366 e. The summed E-state index contributed by atoms with van der Waals surface area (Å²) in [6.07, 6.45) is 0.884. The molecular weight excluding hydrogens is 244 g/mol. The highest BCUT2D eigenvalue weighted by molar-refractivity contribution is 7.89. The zero-order valence-corrected chi connectivity index (χ0v) is 10.2. The van der Waals surface area contributed by atoms with Gasteiger partial charge in [-0.2, -0.15) is 0 Å². The van der Waals surface area contributed by atoms with Crippen LogP contribution in [0.2, 0.25) is 0 Å². The second kappa shape index (κ2) is 4.54. The number of rotatable bonds is 3.